The Bertz CT molecular complexity index is 1050. The average molecular weight is 443 g/mol. The zero-order valence-electron chi connectivity index (χ0n) is 16.2. The van der Waals surface area contributed by atoms with Gasteiger partial charge < -0.3 is 10.5 Å². The number of rotatable bonds is 5. The van der Waals surface area contributed by atoms with Gasteiger partial charge in [0.15, 0.2) is 5.96 Å². The Kier molecular flexibility index (Phi) is 7.27. The highest BCUT2D eigenvalue weighted by Crippen LogP contribution is 2.32. The van der Waals surface area contributed by atoms with Crippen molar-refractivity contribution in [1.29, 1.82) is 0 Å². The molecule has 8 heteroatoms. The number of nitrogens with one attached hydrogen (secondary N) is 1. The number of carbonyl (C=O) groups is 1. The average Bonchev–Trinajstić information content (AvgIpc) is 2.73. The molecule has 0 radical (unpaired) electrons. The molecule has 2 aromatic carbocycles. The first-order chi connectivity index (χ1) is 14.5. The van der Waals surface area contributed by atoms with Crippen molar-refractivity contribution in [2.24, 2.45) is 10.7 Å². The number of hydrogen-bond acceptors (Lipinski definition) is 4. The molecule has 30 heavy (non-hydrogen) atoms. The Morgan fingerprint density at radius 2 is 1.67 bits per heavy atom. The standard InChI is InChI=1S/C22H20Cl2N4O2/c1-2-30-22(29)28-21(25)27-13-14-11-19(15-3-7-17(23)8-4-15)20(26-12-14)16-5-9-18(24)10-6-16/h3-12H,2,13H2,1H3,(H3,25,27,28,29). The van der Waals surface area contributed by atoms with Gasteiger partial charge in [0.25, 0.3) is 0 Å². The lowest BCUT2D eigenvalue weighted by molar-refractivity contribution is 0.157. The van der Waals surface area contributed by atoms with Crippen molar-refractivity contribution in [3.05, 3.63) is 76.4 Å². The van der Waals surface area contributed by atoms with E-state index in [0.717, 1.165) is 27.9 Å². The van der Waals surface area contributed by atoms with Crippen molar-refractivity contribution in [3.8, 4) is 22.4 Å². The summed E-state index contributed by atoms with van der Waals surface area (Å²) in [5.41, 5.74) is 10.2. The molecule has 3 N–H and O–H groups in total. The van der Waals surface area contributed by atoms with E-state index < -0.39 is 6.09 Å². The summed E-state index contributed by atoms with van der Waals surface area (Å²) in [6.45, 7) is 2.20. The van der Waals surface area contributed by atoms with Crippen molar-refractivity contribution in [2.45, 2.75) is 13.5 Å². The quantitative estimate of drug-likeness (QED) is 0.415. The third kappa shape index (κ3) is 5.72. The van der Waals surface area contributed by atoms with E-state index in [1.165, 1.54) is 0 Å². The van der Waals surface area contributed by atoms with Gasteiger partial charge in [-0.15, -0.1) is 0 Å². The van der Waals surface area contributed by atoms with Crippen molar-refractivity contribution in [1.82, 2.24) is 10.3 Å². The Morgan fingerprint density at radius 3 is 2.27 bits per heavy atom. The zero-order chi connectivity index (χ0) is 21.5. The summed E-state index contributed by atoms with van der Waals surface area (Å²) in [5, 5.41) is 3.67. The molecule has 0 aliphatic rings. The van der Waals surface area contributed by atoms with Crippen molar-refractivity contribution in [2.75, 3.05) is 6.61 Å². The second kappa shape index (κ2) is 10.1. The summed E-state index contributed by atoms with van der Waals surface area (Å²) < 4.78 is 4.78. The fraction of sp³-hybridized carbons (Fsp3) is 0.136. The molecule has 154 valence electrons. The Morgan fingerprint density at radius 1 is 1.07 bits per heavy atom. The predicted molar refractivity (Wildman–Crippen MR) is 121 cm³/mol. The van der Waals surface area contributed by atoms with Gasteiger partial charge in [-0.3, -0.25) is 10.3 Å². The monoisotopic (exact) mass is 442 g/mol. The molecule has 1 amide bonds. The molecule has 3 rings (SSSR count). The largest absolute Gasteiger partial charge is 0.450 e. The van der Waals surface area contributed by atoms with Gasteiger partial charge >= 0.3 is 6.09 Å². The Labute approximate surface area is 184 Å². The molecular formula is C22H20Cl2N4O2. The highest BCUT2D eigenvalue weighted by molar-refractivity contribution is 6.31. The number of aromatic nitrogens is 1. The van der Waals surface area contributed by atoms with Gasteiger partial charge in [-0.1, -0.05) is 47.5 Å². The molecule has 3 aromatic rings. The van der Waals surface area contributed by atoms with Crippen LogP contribution in [0.3, 0.4) is 0 Å². The lowest BCUT2D eigenvalue weighted by Crippen LogP contribution is -2.37. The van der Waals surface area contributed by atoms with Crippen LogP contribution in [0.25, 0.3) is 22.4 Å². The minimum Gasteiger partial charge on any atom is -0.450 e. The van der Waals surface area contributed by atoms with E-state index in [-0.39, 0.29) is 19.1 Å². The van der Waals surface area contributed by atoms with E-state index in [9.17, 15) is 4.79 Å². The molecule has 0 spiro atoms. The Hall–Kier alpha value is -3.09. The van der Waals surface area contributed by atoms with E-state index in [1.54, 1.807) is 13.1 Å². The highest BCUT2D eigenvalue weighted by Gasteiger charge is 2.11. The van der Waals surface area contributed by atoms with Crippen LogP contribution in [-0.2, 0) is 11.3 Å². The summed E-state index contributed by atoms with van der Waals surface area (Å²) in [5.74, 6) is -0.0247. The van der Waals surface area contributed by atoms with Crippen LogP contribution >= 0.6 is 23.2 Å². The molecule has 1 heterocycles. The summed E-state index contributed by atoms with van der Waals surface area (Å²) in [6.07, 6.45) is 1.08. The lowest BCUT2D eigenvalue weighted by atomic mass is 9.98. The number of pyridine rings is 1. The number of ether oxygens (including phenoxy) is 1. The SMILES string of the molecule is CCOC(=O)NC(N)=NCc1cnc(-c2ccc(Cl)cc2)c(-c2ccc(Cl)cc2)c1. The maximum atomic E-state index is 11.4. The molecule has 0 fully saturated rings. The number of benzene rings is 2. The number of carbonyl (C=O) groups excluding carboxylic acids is 1. The smallest absolute Gasteiger partial charge is 0.413 e. The third-order valence-corrected chi connectivity index (χ3v) is 4.66. The van der Waals surface area contributed by atoms with E-state index in [1.807, 2.05) is 54.6 Å². The maximum Gasteiger partial charge on any atom is 0.413 e. The van der Waals surface area contributed by atoms with Crippen LogP contribution in [0.1, 0.15) is 12.5 Å². The molecule has 1 aromatic heterocycles. The van der Waals surface area contributed by atoms with Crippen molar-refractivity contribution < 1.29 is 9.53 Å². The zero-order valence-corrected chi connectivity index (χ0v) is 17.7. The molecule has 6 nitrogen and oxygen atoms in total. The topological polar surface area (TPSA) is 89.6 Å². The number of hydrogen-bond donors (Lipinski definition) is 2. The van der Waals surface area contributed by atoms with Gasteiger partial charge in [0.1, 0.15) is 0 Å². The summed E-state index contributed by atoms with van der Waals surface area (Å²) in [6, 6.07) is 17.0. The minimum absolute atomic E-state index is 0.0247. The predicted octanol–water partition coefficient (Wildman–Crippen LogP) is 5.28. The number of guanidine groups is 1. The molecule has 0 unspecified atom stereocenters. The number of alkyl carbamates (subject to hydrolysis) is 1. The van der Waals surface area contributed by atoms with E-state index in [4.69, 9.17) is 33.7 Å². The second-order valence-electron chi connectivity index (χ2n) is 6.30. The highest BCUT2D eigenvalue weighted by atomic mass is 35.5. The first-order valence-electron chi connectivity index (χ1n) is 9.20. The molecule has 0 saturated carbocycles. The van der Waals surface area contributed by atoms with Crippen LogP contribution in [-0.4, -0.2) is 23.6 Å². The molecule has 0 aliphatic heterocycles. The van der Waals surface area contributed by atoms with Gasteiger partial charge in [0, 0.05) is 27.4 Å². The number of halogens is 2. The van der Waals surface area contributed by atoms with Crippen LogP contribution in [0.2, 0.25) is 10.0 Å². The van der Waals surface area contributed by atoms with Crippen molar-refractivity contribution >= 4 is 35.3 Å². The molecule has 0 aliphatic carbocycles. The molecule has 0 bridgehead atoms. The number of nitrogens with two attached hydrogens (primary N) is 1. The fourth-order valence-electron chi connectivity index (χ4n) is 2.77. The number of aliphatic imine (C=N–C) groups is 1. The number of amides is 1. The first-order valence-corrected chi connectivity index (χ1v) is 9.96. The van der Waals surface area contributed by atoms with Crippen LogP contribution < -0.4 is 11.1 Å². The fourth-order valence-corrected chi connectivity index (χ4v) is 3.02. The van der Waals surface area contributed by atoms with Gasteiger partial charge in [-0.25, -0.2) is 9.79 Å². The van der Waals surface area contributed by atoms with Crippen LogP contribution in [0.5, 0.6) is 0 Å². The van der Waals surface area contributed by atoms with E-state index in [0.29, 0.717) is 10.0 Å². The lowest BCUT2D eigenvalue weighted by Gasteiger charge is -2.12. The molecule has 0 atom stereocenters. The summed E-state index contributed by atoms with van der Waals surface area (Å²) >= 11 is 12.1. The summed E-state index contributed by atoms with van der Waals surface area (Å²) in [7, 11) is 0. The maximum absolute atomic E-state index is 11.4. The Balaban J connectivity index is 1.93. The van der Waals surface area contributed by atoms with Gasteiger partial charge in [0.05, 0.1) is 18.8 Å². The van der Waals surface area contributed by atoms with E-state index >= 15 is 0 Å². The van der Waals surface area contributed by atoms with Gasteiger partial charge in [0.2, 0.25) is 0 Å². The molecule has 0 saturated heterocycles. The second-order valence-corrected chi connectivity index (χ2v) is 7.17. The van der Waals surface area contributed by atoms with Gasteiger partial charge in [-0.05, 0) is 48.4 Å². The van der Waals surface area contributed by atoms with Crippen LogP contribution in [0.4, 0.5) is 4.79 Å². The molecular weight excluding hydrogens is 423 g/mol. The van der Waals surface area contributed by atoms with Gasteiger partial charge in [-0.2, -0.15) is 0 Å². The summed E-state index contributed by atoms with van der Waals surface area (Å²) in [4.78, 5) is 20.3. The van der Waals surface area contributed by atoms with E-state index in [2.05, 4.69) is 15.3 Å². The van der Waals surface area contributed by atoms with Crippen LogP contribution in [0, 0.1) is 0 Å². The van der Waals surface area contributed by atoms with Crippen LogP contribution in [0.15, 0.2) is 65.8 Å². The first kappa shape index (κ1) is 21.6. The number of nitrogens with zero attached hydrogens (tertiary/aromatic N) is 2. The van der Waals surface area contributed by atoms with Crippen molar-refractivity contribution in [3.63, 3.8) is 0 Å². The normalized spacial score (nSPS) is 11.2. The third-order valence-electron chi connectivity index (χ3n) is 4.15. The minimum atomic E-state index is -0.642.